The van der Waals surface area contributed by atoms with Crippen molar-refractivity contribution in [1.29, 1.82) is 0 Å². The highest BCUT2D eigenvalue weighted by Crippen LogP contribution is 2.15. The molecule has 0 aromatic heterocycles. The van der Waals surface area contributed by atoms with Crippen molar-refractivity contribution < 1.29 is 14.2 Å². The smallest absolute Gasteiger partial charge is 0.0726 e. The number of hydrogen-bond acceptors (Lipinski definition) is 5. The van der Waals surface area contributed by atoms with E-state index in [-0.39, 0.29) is 0 Å². The van der Waals surface area contributed by atoms with Gasteiger partial charge in [-0.1, -0.05) is 0 Å². The van der Waals surface area contributed by atoms with E-state index >= 15 is 0 Å². The molecule has 2 unspecified atom stereocenters. The van der Waals surface area contributed by atoms with Crippen LogP contribution in [0, 0.1) is 0 Å². The van der Waals surface area contributed by atoms with Crippen LogP contribution in [0.2, 0.25) is 0 Å². The Bertz CT molecular complexity index is 203. The normalized spacial score (nSPS) is 21.2. The molecule has 5 heteroatoms. The van der Waals surface area contributed by atoms with Crippen LogP contribution in [0.25, 0.3) is 0 Å². The van der Waals surface area contributed by atoms with Gasteiger partial charge in [0, 0.05) is 53.0 Å². The van der Waals surface area contributed by atoms with Crippen LogP contribution in [0.5, 0.6) is 0 Å². The molecular formula is C14H30N2O3. The molecule has 0 amide bonds. The Hall–Kier alpha value is -0.200. The summed E-state index contributed by atoms with van der Waals surface area (Å²) in [5, 5.41) is 3.56. The lowest BCUT2D eigenvalue weighted by Gasteiger charge is -2.24. The van der Waals surface area contributed by atoms with E-state index in [9.17, 15) is 0 Å². The third kappa shape index (κ3) is 7.22. The van der Waals surface area contributed by atoms with Crippen LogP contribution in [-0.4, -0.2) is 77.3 Å². The lowest BCUT2D eigenvalue weighted by atomic mass is 10.1. The molecule has 1 heterocycles. The third-order valence-electron chi connectivity index (χ3n) is 3.64. The minimum Gasteiger partial charge on any atom is -0.383 e. The van der Waals surface area contributed by atoms with E-state index in [0.29, 0.717) is 12.1 Å². The monoisotopic (exact) mass is 274 g/mol. The maximum Gasteiger partial charge on any atom is 0.0726 e. The number of nitrogens with one attached hydrogen (secondary N) is 1. The molecule has 0 radical (unpaired) electrons. The van der Waals surface area contributed by atoms with Crippen LogP contribution in [0.1, 0.15) is 19.8 Å². The topological polar surface area (TPSA) is 43.0 Å². The zero-order chi connectivity index (χ0) is 13.9. The summed E-state index contributed by atoms with van der Waals surface area (Å²) < 4.78 is 16.0. The van der Waals surface area contributed by atoms with Gasteiger partial charge >= 0.3 is 0 Å². The molecule has 1 aliphatic heterocycles. The standard InChI is InChI=1S/C14H30N2O3/c1-13(14-5-4-10-19-14)15-6-7-16(8-11-17-2)9-12-18-3/h13-15H,4-12H2,1-3H3. The molecule has 0 bridgehead atoms. The van der Waals surface area contributed by atoms with Gasteiger partial charge in [-0.25, -0.2) is 0 Å². The number of nitrogens with zero attached hydrogens (tertiary/aromatic N) is 1. The number of ether oxygens (including phenoxy) is 3. The molecule has 0 spiro atoms. The van der Waals surface area contributed by atoms with Crippen LogP contribution in [0.15, 0.2) is 0 Å². The van der Waals surface area contributed by atoms with E-state index in [1.807, 2.05) is 0 Å². The molecule has 1 saturated heterocycles. The quantitative estimate of drug-likeness (QED) is 0.602. The molecule has 1 aliphatic rings. The summed E-state index contributed by atoms with van der Waals surface area (Å²) in [6.07, 6.45) is 2.78. The van der Waals surface area contributed by atoms with Crippen molar-refractivity contribution in [3.8, 4) is 0 Å². The highest BCUT2D eigenvalue weighted by Gasteiger charge is 2.21. The average Bonchev–Trinajstić information content (AvgIpc) is 2.95. The van der Waals surface area contributed by atoms with E-state index in [0.717, 1.165) is 46.0 Å². The van der Waals surface area contributed by atoms with Gasteiger partial charge < -0.3 is 19.5 Å². The lowest BCUT2D eigenvalue weighted by Crippen LogP contribution is -2.42. The first kappa shape index (κ1) is 16.9. The number of hydrogen-bond donors (Lipinski definition) is 1. The molecule has 0 saturated carbocycles. The molecule has 1 fully saturated rings. The van der Waals surface area contributed by atoms with Crippen molar-refractivity contribution in [2.24, 2.45) is 0 Å². The molecule has 1 N–H and O–H groups in total. The maximum absolute atomic E-state index is 5.69. The van der Waals surface area contributed by atoms with Gasteiger partial charge in [-0.15, -0.1) is 0 Å². The Morgan fingerprint density at radius 1 is 1.21 bits per heavy atom. The van der Waals surface area contributed by atoms with Crippen LogP contribution in [0.3, 0.4) is 0 Å². The van der Waals surface area contributed by atoms with Gasteiger partial charge in [-0.05, 0) is 19.8 Å². The van der Waals surface area contributed by atoms with Crippen LogP contribution >= 0.6 is 0 Å². The van der Waals surface area contributed by atoms with Crippen molar-refractivity contribution >= 4 is 0 Å². The van der Waals surface area contributed by atoms with E-state index < -0.39 is 0 Å². The minimum absolute atomic E-state index is 0.395. The predicted octanol–water partition coefficient (Wildman–Crippen LogP) is 0.738. The van der Waals surface area contributed by atoms with Crippen LogP contribution in [-0.2, 0) is 14.2 Å². The van der Waals surface area contributed by atoms with Crippen molar-refractivity contribution in [2.75, 3.05) is 60.2 Å². The Labute approximate surface area is 117 Å². The van der Waals surface area contributed by atoms with Gasteiger partial charge in [0.25, 0.3) is 0 Å². The zero-order valence-electron chi connectivity index (χ0n) is 12.7. The lowest BCUT2D eigenvalue weighted by molar-refractivity contribution is 0.0801. The van der Waals surface area contributed by atoms with Gasteiger partial charge in [0.2, 0.25) is 0 Å². The fourth-order valence-electron chi connectivity index (χ4n) is 2.35. The number of methoxy groups -OCH3 is 2. The highest BCUT2D eigenvalue weighted by atomic mass is 16.5. The van der Waals surface area contributed by atoms with Crippen molar-refractivity contribution in [3.05, 3.63) is 0 Å². The van der Waals surface area contributed by atoms with Crippen molar-refractivity contribution in [2.45, 2.75) is 31.9 Å². The van der Waals surface area contributed by atoms with Gasteiger partial charge in [0.15, 0.2) is 0 Å². The summed E-state index contributed by atoms with van der Waals surface area (Å²) >= 11 is 0. The van der Waals surface area contributed by atoms with Gasteiger partial charge in [-0.3, -0.25) is 4.90 Å². The third-order valence-corrected chi connectivity index (χ3v) is 3.64. The first-order chi connectivity index (χ1) is 9.27. The van der Waals surface area contributed by atoms with E-state index in [4.69, 9.17) is 14.2 Å². The summed E-state index contributed by atoms with van der Waals surface area (Å²) in [6.45, 7) is 8.58. The summed E-state index contributed by atoms with van der Waals surface area (Å²) in [5.74, 6) is 0. The molecule has 19 heavy (non-hydrogen) atoms. The molecular weight excluding hydrogens is 244 g/mol. The van der Waals surface area contributed by atoms with Crippen molar-refractivity contribution in [1.82, 2.24) is 10.2 Å². The largest absolute Gasteiger partial charge is 0.383 e. The predicted molar refractivity (Wildman–Crippen MR) is 76.6 cm³/mol. The highest BCUT2D eigenvalue weighted by molar-refractivity contribution is 4.77. The molecule has 1 rings (SSSR count). The van der Waals surface area contributed by atoms with E-state index in [2.05, 4.69) is 17.1 Å². The minimum atomic E-state index is 0.395. The summed E-state index contributed by atoms with van der Waals surface area (Å²) in [6, 6.07) is 0.439. The van der Waals surface area contributed by atoms with Crippen molar-refractivity contribution in [3.63, 3.8) is 0 Å². The summed E-state index contributed by atoms with van der Waals surface area (Å²) in [4.78, 5) is 2.36. The van der Waals surface area contributed by atoms with Crippen LogP contribution < -0.4 is 5.32 Å². The summed E-state index contributed by atoms with van der Waals surface area (Å²) in [7, 11) is 3.48. The van der Waals surface area contributed by atoms with Gasteiger partial charge in [0.05, 0.1) is 19.3 Å². The first-order valence-corrected chi connectivity index (χ1v) is 7.33. The first-order valence-electron chi connectivity index (χ1n) is 7.33. The average molecular weight is 274 g/mol. The second-order valence-corrected chi connectivity index (χ2v) is 5.12. The SMILES string of the molecule is COCCN(CCNC(C)C1CCCO1)CCOC. The fraction of sp³-hybridized carbons (Fsp3) is 1.00. The second kappa shape index (κ2) is 10.6. The maximum atomic E-state index is 5.69. The second-order valence-electron chi connectivity index (χ2n) is 5.12. The Balaban J connectivity index is 2.14. The molecule has 0 aliphatic carbocycles. The summed E-state index contributed by atoms with van der Waals surface area (Å²) in [5.41, 5.74) is 0. The van der Waals surface area contributed by atoms with E-state index in [1.54, 1.807) is 14.2 Å². The van der Waals surface area contributed by atoms with Gasteiger partial charge in [-0.2, -0.15) is 0 Å². The Morgan fingerprint density at radius 2 is 1.89 bits per heavy atom. The molecule has 0 aromatic rings. The van der Waals surface area contributed by atoms with E-state index in [1.165, 1.54) is 12.8 Å². The van der Waals surface area contributed by atoms with Crippen LogP contribution in [0.4, 0.5) is 0 Å². The Morgan fingerprint density at radius 3 is 2.42 bits per heavy atom. The zero-order valence-corrected chi connectivity index (χ0v) is 12.7. The Kier molecular flexibility index (Phi) is 9.38. The molecule has 5 nitrogen and oxygen atoms in total. The number of rotatable bonds is 11. The fourth-order valence-corrected chi connectivity index (χ4v) is 2.35. The molecule has 2 atom stereocenters. The molecule has 114 valence electrons. The van der Waals surface area contributed by atoms with Gasteiger partial charge in [0.1, 0.15) is 0 Å². The molecule has 0 aromatic carbocycles.